The standard InChI is InChI=1S/C14H13F6NO/c15-13(16,17)10-1-2-12(11(7-10)14(18,19)20)21-5-3-9(8-22)4-6-21/h1-2,7-9H,3-6H2. The Morgan fingerprint density at radius 2 is 1.59 bits per heavy atom. The molecule has 1 aliphatic heterocycles. The first kappa shape index (κ1) is 16.6. The van der Waals surface area contributed by atoms with Gasteiger partial charge in [-0.05, 0) is 31.0 Å². The molecule has 0 radical (unpaired) electrons. The van der Waals surface area contributed by atoms with Crippen LogP contribution in [0.3, 0.4) is 0 Å². The largest absolute Gasteiger partial charge is 0.418 e. The highest BCUT2D eigenvalue weighted by Gasteiger charge is 2.39. The van der Waals surface area contributed by atoms with Gasteiger partial charge in [-0.25, -0.2) is 0 Å². The lowest BCUT2D eigenvalue weighted by atomic mass is 9.97. The molecule has 0 N–H and O–H groups in total. The molecule has 8 heteroatoms. The Kier molecular flexibility index (Phi) is 4.39. The van der Waals surface area contributed by atoms with Gasteiger partial charge in [-0.2, -0.15) is 26.3 Å². The van der Waals surface area contributed by atoms with Crippen molar-refractivity contribution in [3.63, 3.8) is 0 Å². The molecule has 0 spiro atoms. The van der Waals surface area contributed by atoms with E-state index < -0.39 is 23.5 Å². The average Bonchev–Trinajstić information content (AvgIpc) is 2.45. The van der Waals surface area contributed by atoms with Gasteiger partial charge in [0.05, 0.1) is 11.1 Å². The van der Waals surface area contributed by atoms with E-state index in [4.69, 9.17) is 0 Å². The van der Waals surface area contributed by atoms with Gasteiger partial charge in [-0.15, -0.1) is 0 Å². The fraction of sp³-hybridized carbons (Fsp3) is 0.500. The second-order valence-electron chi connectivity index (χ2n) is 5.19. The first-order chi connectivity index (χ1) is 10.1. The summed E-state index contributed by atoms with van der Waals surface area (Å²) in [5.41, 5.74) is -2.90. The van der Waals surface area contributed by atoms with Crippen molar-refractivity contribution in [1.29, 1.82) is 0 Å². The molecule has 0 aromatic heterocycles. The molecule has 1 saturated heterocycles. The van der Waals surface area contributed by atoms with Crippen molar-refractivity contribution in [2.45, 2.75) is 25.2 Å². The Labute approximate surface area is 122 Å². The number of aldehydes is 1. The van der Waals surface area contributed by atoms with Crippen LogP contribution < -0.4 is 4.90 Å². The minimum Gasteiger partial charge on any atom is -0.371 e. The summed E-state index contributed by atoms with van der Waals surface area (Å²) >= 11 is 0. The van der Waals surface area contributed by atoms with Crippen LogP contribution in [0.4, 0.5) is 32.0 Å². The number of carbonyl (C=O) groups is 1. The Morgan fingerprint density at radius 1 is 1.00 bits per heavy atom. The number of alkyl halides is 6. The topological polar surface area (TPSA) is 20.3 Å². The zero-order valence-corrected chi connectivity index (χ0v) is 11.3. The molecule has 22 heavy (non-hydrogen) atoms. The van der Waals surface area contributed by atoms with Gasteiger partial charge in [-0.3, -0.25) is 0 Å². The number of piperidine rings is 1. The molecule has 1 aromatic carbocycles. The highest BCUT2D eigenvalue weighted by Crippen LogP contribution is 2.41. The van der Waals surface area contributed by atoms with Crippen LogP contribution in [0, 0.1) is 5.92 Å². The van der Waals surface area contributed by atoms with E-state index in [0.29, 0.717) is 18.9 Å². The summed E-state index contributed by atoms with van der Waals surface area (Å²) in [7, 11) is 0. The fourth-order valence-electron chi connectivity index (χ4n) is 2.49. The van der Waals surface area contributed by atoms with Crippen LogP contribution in [0.5, 0.6) is 0 Å². The molecule has 0 aliphatic carbocycles. The van der Waals surface area contributed by atoms with E-state index >= 15 is 0 Å². The van der Waals surface area contributed by atoms with E-state index in [9.17, 15) is 31.1 Å². The van der Waals surface area contributed by atoms with E-state index in [1.807, 2.05) is 0 Å². The maximum atomic E-state index is 13.1. The molecule has 0 saturated carbocycles. The molecule has 0 amide bonds. The first-order valence-corrected chi connectivity index (χ1v) is 6.61. The van der Waals surface area contributed by atoms with Gasteiger partial charge in [0, 0.05) is 24.7 Å². The Bertz CT molecular complexity index is 543. The molecule has 0 bridgehead atoms. The maximum absolute atomic E-state index is 13.1. The minimum absolute atomic E-state index is 0.140. The number of benzene rings is 1. The average molecular weight is 325 g/mol. The second kappa shape index (κ2) is 5.81. The number of anilines is 1. The molecule has 2 rings (SSSR count). The number of carbonyl (C=O) groups excluding carboxylic acids is 1. The molecular formula is C14H13F6NO. The van der Waals surface area contributed by atoms with E-state index in [1.54, 1.807) is 0 Å². The van der Waals surface area contributed by atoms with Gasteiger partial charge in [-0.1, -0.05) is 0 Å². The van der Waals surface area contributed by atoms with Crippen molar-refractivity contribution in [2.24, 2.45) is 5.92 Å². The molecule has 2 nitrogen and oxygen atoms in total. The van der Waals surface area contributed by atoms with Gasteiger partial charge in [0.1, 0.15) is 6.29 Å². The van der Waals surface area contributed by atoms with Crippen LogP contribution >= 0.6 is 0 Å². The molecule has 1 heterocycles. The summed E-state index contributed by atoms with van der Waals surface area (Å²) in [6, 6.07) is 1.64. The lowest BCUT2D eigenvalue weighted by Gasteiger charge is -2.33. The molecule has 0 unspecified atom stereocenters. The van der Waals surface area contributed by atoms with Crippen molar-refractivity contribution >= 4 is 12.0 Å². The third-order valence-corrected chi connectivity index (χ3v) is 3.70. The minimum atomic E-state index is -4.88. The van der Waals surface area contributed by atoms with Crippen molar-refractivity contribution in [1.82, 2.24) is 0 Å². The summed E-state index contributed by atoms with van der Waals surface area (Å²) in [6.45, 7) is 0.412. The molecular weight excluding hydrogens is 312 g/mol. The van der Waals surface area contributed by atoms with Gasteiger partial charge in [0.15, 0.2) is 0 Å². The third kappa shape index (κ3) is 3.53. The predicted molar refractivity (Wildman–Crippen MR) is 67.4 cm³/mol. The summed E-state index contributed by atoms with van der Waals surface area (Å²) in [5.74, 6) is -0.208. The highest BCUT2D eigenvalue weighted by atomic mass is 19.4. The molecule has 0 atom stereocenters. The zero-order valence-electron chi connectivity index (χ0n) is 11.3. The molecule has 1 aromatic rings. The predicted octanol–water partition coefficient (Wildman–Crippen LogP) is 4.14. The zero-order chi connectivity index (χ0) is 16.5. The third-order valence-electron chi connectivity index (χ3n) is 3.70. The Balaban J connectivity index is 2.37. The summed E-state index contributed by atoms with van der Waals surface area (Å²) < 4.78 is 77.0. The van der Waals surface area contributed by atoms with E-state index in [0.717, 1.165) is 12.4 Å². The van der Waals surface area contributed by atoms with Crippen LogP contribution in [0.2, 0.25) is 0 Å². The molecule has 122 valence electrons. The van der Waals surface area contributed by atoms with Crippen LogP contribution in [-0.4, -0.2) is 19.4 Å². The van der Waals surface area contributed by atoms with Crippen molar-refractivity contribution < 1.29 is 31.1 Å². The van der Waals surface area contributed by atoms with Crippen LogP contribution in [0.1, 0.15) is 24.0 Å². The number of hydrogen-bond donors (Lipinski definition) is 0. The summed E-state index contributed by atoms with van der Waals surface area (Å²) in [5, 5.41) is 0. The second-order valence-corrected chi connectivity index (χ2v) is 5.19. The quantitative estimate of drug-likeness (QED) is 0.602. The van der Waals surface area contributed by atoms with Gasteiger partial charge < -0.3 is 9.69 Å². The van der Waals surface area contributed by atoms with Crippen molar-refractivity contribution in [3.8, 4) is 0 Å². The summed E-state index contributed by atoms with van der Waals surface area (Å²) in [4.78, 5) is 12.0. The monoisotopic (exact) mass is 325 g/mol. The Hall–Kier alpha value is -1.73. The van der Waals surface area contributed by atoms with E-state index in [2.05, 4.69) is 0 Å². The Morgan fingerprint density at radius 3 is 2.05 bits per heavy atom. The van der Waals surface area contributed by atoms with Crippen LogP contribution in [-0.2, 0) is 17.1 Å². The normalized spacial score (nSPS) is 17.6. The number of hydrogen-bond acceptors (Lipinski definition) is 2. The SMILES string of the molecule is O=CC1CCN(c2ccc(C(F)(F)F)cc2C(F)(F)F)CC1. The van der Waals surface area contributed by atoms with Gasteiger partial charge in [0.2, 0.25) is 0 Å². The first-order valence-electron chi connectivity index (χ1n) is 6.61. The molecule has 1 fully saturated rings. The van der Waals surface area contributed by atoms with Crippen molar-refractivity contribution in [3.05, 3.63) is 29.3 Å². The number of nitrogens with zero attached hydrogens (tertiary/aromatic N) is 1. The number of halogens is 6. The van der Waals surface area contributed by atoms with E-state index in [-0.39, 0.29) is 30.8 Å². The highest BCUT2D eigenvalue weighted by molar-refractivity contribution is 5.59. The number of rotatable bonds is 2. The van der Waals surface area contributed by atoms with E-state index in [1.165, 1.54) is 4.90 Å². The smallest absolute Gasteiger partial charge is 0.371 e. The van der Waals surface area contributed by atoms with Crippen LogP contribution in [0.25, 0.3) is 0 Å². The summed E-state index contributed by atoms with van der Waals surface area (Å²) in [6.07, 6.45) is -8.17. The van der Waals surface area contributed by atoms with Crippen LogP contribution in [0.15, 0.2) is 18.2 Å². The van der Waals surface area contributed by atoms with Crippen molar-refractivity contribution in [2.75, 3.05) is 18.0 Å². The maximum Gasteiger partial charge on any atom is 0.418 e. The lowest BCUT2D eigenvalue weighted by molar-refractivity contribution is -0.142. The lowest BCUT2D eigenvalue weighted by Crippen LogP contribution is -2.35. The van der Waals surface area contributed by atoms with Gasteiger partial charge in [0.25, 0.3) is 0 Å². The van der Waals surface area contributed by atoms with Gasteiger partial charge >= 0.3 is 12.4 Å². The fourth-order valence-corrected chi connectivity index (χ4v) is 2.49. The molecule has 1 aliphatic rings.